The van der Waals surface area contributed by atoms with Gasteiger partial charge in [0.05, 0.1) is 18.8 Å². The molecule has 19 heavy (non-hydrogen) atoms. The third-order valence-electron chi connectivity index (χ3n) is 2.75. The normalized spacial score (nSPS) is 24.1. The highest BCUT2D eigenvalue weighted by Crippen LogP contribution is 2.15. The summed E-state index contributed by atoms with van der Waals surface area (Å²) >= 11 is 0. The number of ether oxygens (including phenoxy) is 3. The number of rotatable bonds is 5. The van der Waals surface area contributed by atoms with Gasteiger partial charge >= 0.3 is 5.97 Å². The van der Waals surface area contributed by atoms with Crippen molar-refractivity contribution in [2.75, 3.05) is 19.8 Å². The van der Waals surface area contributed by atoms with E-state index in [1.807, 2.05) is 0 Å². The average molecular weight is 268 g/mol. The summed E-state index contributed by atoms with van der Waals surface area (Å²) in [6.45, 7) is -0.289. The van der Waals surface area contributed by atoms with Gasteiger partial charge in [0.25, 0.3) is 0 Å². The monoisotopic (exact) mass is 268 g/mol. The minimum absolute atomic E-state index is 0.0532. The Morgan fingerprint density at radius 2 is 2.16 bits per heavy atom. The van der Waals surface area contributed by atoms with Gasteiger partial charge in [-0.3, -0.25) is 0 Å². The van der Waals surface area contributed by atoms with Crippen LogP contribution < -0.4 is 0 Å². The van der Waals surface area contributed by atoms with E-state index < -0.39 is 31.1 Å². The zero-order valence-corrected chi connectivity index (χ0v) is 10.3. The number of hydrogen-bond acceptors (Lipinski definition) is 6. The predicted octanol–water partition coefficient (Wildman–Crippen LogP) is -0.0619. The second kappa shape index (κ2) is 6.63. The highest BCUT2D eigenvalue weighted by Gasteiger charge is 2.31. The maximum atomic E-state index is 11.7. The van der Waals surface area contributed by atoms with E-state index in [4.69, 9.17) is 19.3 Å². The van der Waals surface area contributed by atoms with Crippen LogP contribution in [0.15, 0.2) is 30.3 Å². The van der Waals surface area contributed by atoms with Crippen molar-refractivity contribution in [3.63, 3.8) is 0 Å². The fourth-order valence-corrected chi connectivity index (χ4v) is 1.68. The Bertz CT molecular complexity index is 407. The molecule has 2 N–H and O–H groups in total. The van der Waals surface area contributed by atoms with Gasteiger partial charge in [0.2, 0.25) is 0 Å². The first-order valence-electron chi connectivity index (χ1n) is 5.99. The molecule has 2 rings (SSSR count). The third kappa shape index (κ3) is 3.74. The molecule has 0 bridgehead atoms. The Balaban J connectivity index is 1.76. The lowest BCUT2D eigenvalue weighted by molar-refractivity contribution is -0.112. The van der Waals surface area contributed by atoms with Gasteiger partial charge in [0.15, 0.2) is 6.29 Å². The molecule has 6 heteroatoms. The molecule has 1 aromatic rings. The van der Waals surface area contributed by atoms with Crippen LogP contribution in [0.2, 0.25) is 0 Å². The standard InChI is InChI=1S/C13H16O6/c14-6-10(15)11-7-17-12(19-11)8-18-13(16)9-4-2-1-3-5-9/h1-5,10-12,14-15H,6-8H2/t10?,11-,12-/m0/s1. The Morgan fingerprint density at radius 3 is 2.84 bits per heavy atom. The van der Waals surface area contributed by atoms with Gasteiger partial charge in [-0.1, -0.05) is 18.2 Å². The van der Waals surface area contributed by atoms with Gasteiger partial charge in [0, 0.05) is 0 Å². The van der Waals surface area contributed by atoms with Gasteiger partial charge in [-0.2, -0.15) is 0 Å². The SMILES string of the molecule is O=C(OC[C@H]1OC[C@@H](C(O)CO)O1)c1ccccc1. The molecule has 1 aliphatic rings. The van der Waals surface area contributed by atoms with E-state index in [2.05, 4.69) is 0 Å². The lowest BCUT2D eigenvalue weighted by atomic mass is 10.2. The quantitative estimate of drug-likeness (QED) is 0.728. The smallest absolute Gasteiger partial charge is 0.338 e. The van der Waals surface area contributed by atoms with E-state index in [0.717, 1.165) is 0 Å². The fraction of sp³-hybridized carbons (Fsp3) is 0.462. The molecule has 1 unspecified atom stereocenters. The molecule has 1 fully saturated rings. The van der Waals surface area contributed by atoms with Crippen LogP contribution in [0.1, 0.15) is 10.4 Å². The van der Waals surface area contributed by atoms with Crippen LogP contribution in [-0.4, -0.2) is 54.5 Å². The molecule has 1 aliphatic heterocycles. The molecule has 0 aliphatic carbocycles. The largest absolute Gasteiger partial charge is 0.457 e. The first kappa shape index (κ1) is 14.0. The third-order valence-corrected chi connectivity index (χ3v) is 2.75. The molecule has 0 amide bonds. The van der Waals surface area contributed by atoms with Crippen LogP contribution in [0, 0.1) is 0 Å². The summed E-state index contributed by atoms with van der Waals surface area (Å²) in [5.41, 5.74) is 0.451. The van der Waals surface area contributed by atoms with E-state index in [0.29, 0.717) is 5.56 Å². The van der Waals surface area contributed by atoms with Crippen molar-refractivity contribution in [3.05, 3.63) is 35.9 Å². The molecule has 0 radical (unpaired) electrons. The number of esters is 1. The molecule has 1 heterocycles. The Kier molecular flexibility index (Phi) is 4.86. The maximum Gasteiger partial charge on any atom is 0.338 e. The van der Waals surface area contributed by atoms with Gasteiger partial charge in [-0.15, -0.1) is 0 Å². The molecular formula is C13H16O6. The summed E-state index contributed by atoms with van der Waals surface area (Å²) in [6.07, 6.45) is -2.29. The highest BCUT2D eigenvalue weighted by molar-refractivity contribution is 5.89. The summed E-state index contributed by atoms with van der Waals surface area (Å²) in [6, 6.07) is 8.59. The Labute approximate surface area is 110 Å². The summed E-state index contributed by atoms with van der Waals surface area (Å²) in [7, 11) is 0. The lowest BCUT2D eigenvalue weighted by Crippen LogP contribution is -2.32. The Morgan fingerprint density at radius 1 is 1.42 bits per heavy atom. The van der Waals surface area contributed by atoms with Crippen LogP contribution in [0.4, 0.5) is 0 Å². The predicted molar refractivity (Wildman–Crippen MR) is 64.4 cm³/mol. The molecule has 1 saturated heterocycles. The van der Waals surface area contributed by atoms with Crippen molar-refractivity contribution in [2.45, 2.75) is 18.5 Å². The summed E-state index contributed by atoms with van der Waals surface area (Å²) in [4.78, 5) is 11.7. The molecule has 0 aromatic heterocycles. The van der Waals surface area contributed by atoms with Gasteiger partial charge in [-0.05, 0) is 12.1 Å². The van der Waals surface area contributed by atoms with Crippen LogP contribution in [-0.2, 0) is 14.2 Å². The van der Waals surface area contributed by atoms with Crippen molar-refractivity contribution >= 4 is 5.97 Å². The number of hydrogen-bond donors (Lipinski definition) is 2. The van der Waals surface area contributed by atoms with Crippen molar-refractivity contribution in [1.29, 1.82) is 0 Å². The lowest BCUT2D eigenvalue weighted by Gasteiger charge is -2.14. The summed E-state index contributed by atoms with van der Waals surface area (Å²) in [5, 5.41) is 18.1. The average Bonchev–Trinajstić information content (AvgIpc) is 2.93. The number of carbonyl (C=O) groups is 1. The molecule has 3 atom stereocenters. The molecule has 0 saturated carbocycles. The molecule has 104 valence electrons. The highest BCUT2D eigenvalue weighted by atomic mass is 16.7. The zero-order chi connectivity index (χ0) is 13.7. The van der Waals surface area contributed by atoms with Crippen LogP contribution >= 0.6 is 0 Å². The topological polar surface area (TPSA) is 85.2 Å². The molecule has 0 spiro atoms. The Hall–Kier alpha value is -1.47. The second-order valence-electron chi connectivity index (χ2n) is 4.15. The van der Waals surface area contributed by atoms with Crippen LogP contribution in [0.5, 0.6) is 0 Å². The minimum atomic E-state index is -0.991. The minimum Gasteiger partial charge on any atom is -0.457 e. The number of aliphatic hydroxyl groups excluding tert-OH is 2. The number of carbonyl (C=O) groups excluding carboxylic acids is 1. The van der Waals surface area contributed by atoms with E-state index >= 15 is 0 Å². The van der Waals surface area contributed by atoms with E-state index in [1.54, 1.807) is 30.3 Å². The first-order chi connectivity index (χ1) is 9.20. The number of benzene rings is 1. The second-order valence-corrected chi connectivity index (χ2v) is 4.15. The van der Waals surface area contributed by atoms with Gasteiger partial charge in [0.1, 0.15) is 18.8 Å². The van der Waals surface area contributed by atoms with Crippen molar-refractivity contribution in [1.82, 2.24) is 0 Å². The van der Waals surface area contributed by atoms with E-state index in [1.165, 1.54) is 0 Å². The van der Waals surface area contributed by atoms with E-state index in [9.17, 15) is 9.90 Å². The maximum absolute atomic E-state index is 11.7. The first-order valence-corrected chi connectivity index (χ1v) is 5.99. The van der Waals surface area contributed by atoms with Crippen molar-refractivity contribution in [3.8, 4) is 0 Å². The molecule has 1 aromatic carbocycles. The summed E-state index contributed by atoms with van der Waals surface area (Å²) < 4.78 is 15.5. The van der Waals surface area contributed by atoms with Crippen molar-refractivity contribution < 1.29 is 29.2 Å². The number of aliphatic hydroxyl groups is 2. The zero-order valence-electron chi connectivity index (χ0n) is 10.3. The molecule has 6 nitrogen and oxygen atoms in total. The van der Waals surface area contributed by atoms with Crippen LogP contribution in [0.25, 0.3) is 0 Å². The van der Waals surface area contributed by atoms with E-state index in [-0.39, 0.29) is 13.2 Å². The van der Waals surface area contributed by atoms with Gasteiger partial charge in [-0.25, -0.2) is 4.79 Å². The molecular weight excluding hydrogens is 252 g/mol. The van der Waals surface area contributed by atoms with Gasteiger partial charge < -0.3 is 24.4 Å². The summed E-state index contributed by atoms with van der Waals surface area (Å²) in [5.74, 6) is -0.459. The fourth-order valence-electron chi connectivity index (χ4n) is 1.68. The van der Waals surface area contributed by atoms with Crippen molar-refractivity contribution in [2.24, 2.45) is 0 Å². The van der Waals surface area contributed by atoms with Crippen LogP contribution in [0.3, 0.4) is 0 Å².